The summed E-state index contributed by atoms with van der Waals surface area (Å²) in [5, 5.41) is 9.47. The van der Waals surface area contributed by atoms with E-state index in [0.717, 1.165) is 19.3 Å². The molecule has 152 valence electrons. The van der Waals surface area contributed by atoms with E-state index in [4.69, 9.17) is 18.6 Å². The SMILES string of the molecule is CCCOc1ccc(-c2ccc(=O)oc2C(=O)O)c(OCCC)c1OCCC. The average Bonchev–Trinajstić information content (AvgIpc) is 2.69. The molecule has 0 saturated carbocycles. The highest BCUT2D eigenvalue weighted by atomic mass is 16.5. The van der Waals surface area contributed by atoms with Crippen LogP contribution in [0.3, 0.4) is 0 Å². The molecule has 0 amide bonds. The predicted octanol–water partition coefficient (Wildman–Crippen LogP) is 4.37. The zero-order valence-electron chi connectivity index (χ0n) is 16.4. The molecule has 7 heteroatoms. The maximum atomic E-state index is 11.6. The predicted molar refractivity (Wildman–Crippen MR) is 105 cm³/mol. The van der Waals surface area contributed by atoms with Gasteiger partial charge in [0.1, 0.15) is 0 Å². The van der Waals surface area contributed by atoms with Gasteiger partial charge in [-0.05, 0) is 37.5 Å². The first-order chi connectivity index (χ1) is 13.5. The Morgan fingerprint density at radius 3 is 2.04 bits per heavy atom. The fraction of sp³-hybridized carbons (Fsp3) is 0.429. The lowest BCUT2D eigenvalue weighted by molar-refractivity contribution is 0.0658. The third kappa shape index (κ3) is 5.06. The van der Waals surface area contributed by atoms with E-state index in [1.807, 2.05) is 20.8 Å². The molecule has 1 aromatic heterocycles. The number of aromatic carboxylic acids is 1. The maximum Gasteiger partial charge on any atom is 0.372 e. The maximum absolute atomic E-state index is 11.6. The molecule has 2 rings (SSSR count). The van der Waals surface area contributed by atoms with Crippen molar-refractivity contribution in [1.82, 2.24) is 0 Å². The van der Waals surface area contributed by atoms with Crippen molar-refractivity contribution < 1.29 is 28.5 Å². The molecular formula is C21H26O7. The molecule has 1 aromatic carbocycles. The monoisotopic (exact) mass is 390 g/mol. The fourth-order valence-electron chi connectivity index (χ4n) is 2.56. The van der Waals surface area contributed by atoms with Crippen molar-refractivity contribution in [2.45, 2.75) is 40.0 Å². The standard InChI is InChI=1S/C21H26O7/c1-4-11-25-16-9-7-14(15-8-10-17(22)28-19(15)21(23)24)18(26-12-5-2)20(16)27-13-6-3/h7-10H,4-6,11-13H2,1-3H3,(H,23,24). The summed E-state index contributed by atoms with van der Waals surface area (Å²) in [6.07, 6.45) is 2.36. The molecule has 0 saturated heterocycles. The van der Waals surface area contributed by atoms with Crippen molar-refractivity contribution >= 4 is 5.97 Å². The van der Waals surface area contributed by atoms with Gasteiger partial charge in [-0.25, -0.2) is 9.59 Å². The van der Waals surface area contributed by atoms with Gasteiger partial charge in [-0.2, -0.15) is 0 Å². The Hall–Kier alpha value is -2.96. The molecule has 0 bridgehead atoms. The second-order valence-corrected chi connectivity index (χ2v) is 6.12. The van der Waals surface area contributed by atoms with E-state index < -0.39 is 17.4 Å². The second kappa shape index (κ2) is 10.4. The van der Waals surface area contributed by atoms with E-state index in [2.05, 4.69) is 0 Å². The summed E-state index contributed by atoms with van der Waals surface area (Å²) in [6, 6.07) is 6.00. The van der Waals surface area contributed by atoms with Crippen molar-refractivity contribution in [3.63, 3.8) is 0 Å². The smallest absolute Gasteiger partial charge is 0.372 e. The lowest BCUT2D eigenvalue weighted by atomic mass is 10.0. The molecule has 1 heterocycles. The van der Waals surface area contributed by atoms with Gasteiger partial charge in [-0.1, -0.05) is 20.8 Å². The molecule has 2 aromatic rings. The summed E-state index contributed by atoms with van der Waals surface area (Å²) >= 11 is 0. The lowest BCUT2D eigenvalue weighted by Crippen LogP contribution is -2.09. The third-order valence-corrected chi connectivity index (χ3v) is 3.76. The lowest BCUT2D eigenvalue weighted by Gasteiger charge is -2.20. The van der Waals surface area contributed by atoms with Gasteiger partial charge in [-0.3, -0.25) is 0 Å². The van der Waals surface area contributed by atoms with E-state index in [1.54, 1.807) is 12.1 Å². The molecule has 0 spiro atoms. The number of ether oxygens (including phenoxy) is 3. The fourth-order valence-corrected chi connectivity index (χ4v) is 2.56. The molecule has 0 radical (unpaired) electrons. The molecular weight excluding hydrogens is 364 g/mol. The molecule has 0 aliphatic rings. The summed E-state index contributed by atoms with van der Waals surface area (Å²) in [5.41, 5.74) is -0.0336. The van der Waals surface area contributed by atoms with Crippen LogP contribution in [0, 0.1) is 0 Å². The van der Waals surface area contributed by atoms with Gasteiger partial charge in [0.25, 0.3) is 0 Å². The Balaban J connectivity index is 2.69. The number of hydrogen-bond donors (Lipinski definition) is 1. The highest BCUT2D eigenvalue weighted by Gasteiger charge is 2.24. The number of hydrogen-bond acceptors (Lipinski definition) is 6. The van der Waals surface area contributed by atoms with Gasteiger partial charge in [0.15, 0.2) is 11.5 Å². The Morgan fingerprint density at radius 1 is 0.857 bits per heavy atom. The molecule has 0 unspecified atom stereocenters. The average molecular weight is 390 g/mol. The molecule has 1 N–H and O–H groups in total. The number of rotatable bonds is 11. The first-order valence-corrected chi connectivity index (χ1v) is 9.46. The molecule has 0 fully saturated rings. The van der Waals surface area contributed by atoms with Gasteiger partial charge in [0.05, 0.1) is 19.8 Å². The van der Waals surface area contributed by atoms with Crippen LogP contribution in [0.2, 0.25) is 0 Å². The Morgan fingerprint density at radius 2 is 1.43 bits per heavy atom. The van der Waals surface area contributed by atoms with Gasteiger partial charge in [0.2, 0.25) is 11.5 Å². The Labute approximate surface area is 163 Å². The third-order valence-electron chi connectivity index (χ3n) is 3.76. The van der Waals surface area contributed by atoms with Crippen LogP contribution in [-0.4, -0.2) is 30.9 Å². The second-order valence-electron chi connectivity index (χ2n) is 6.12. The van der Waals surface area contributed by atoms with E-state index in [1.165, 1.54) is 12.1 Å². The van der Waals surface area contributed by atoms with Gasteiger partial charge >= 0.3 is 11.6 Å². The van der Waals surface area contributed by atoms with E-state index >= 15 is 0 Å². The van der Waals surface area contributed by atoms with Gasteiger partial charge in [-0.15, -0.1) is 0 Å². The summed E-state index contributed by atoms with van der Waals surface area (Å²) in [5.74, 6) is -0.461. The first kappa shape index (κ1) is 21.3. The number of carboxylic acid groups (broad SMARTS) is 1. The number of carboxylic acids is 1. The highest BCUT2D eigenvalue weighted by molar-refractivity contribution is 5.94. The summed E-state index contributed by atoms with van der Waals surface area (Å²) in [6.45, 7) is 7.32. The quantitative estimate of drug-likeness (QED) is 0.608. The first-order valence-electron chi connectivity index (χ1n) is 9.46. The Kier molecular flexibility index (Phi) is 7.92. The minimum absolute atomic E-state index is 0.238. The largest absolute Gasteiger partial charge is 0.490 e. The van der Waals surface area contributed by atoms with Crippen LogP contribution >= 0.6 is 0 Å². The van der Waals surface area contributed by atoms with E-state index in [-0.39, 0.29) is 5.56 Å². The molecule has 0 atom stereocenters. The van der Waals surface area contributed by atoms with Crippen LogP contribution in [0.5, 0.6) is 17.2 Å². The van der Waals surface area contributed by atoms with Crippen molar-refractivity contribution in [1.29, 1.82) is 0 Å². The normalized spacial score (nSPS) is 10.5. The Bertz CT molecular complexity index is 854. The van der Waals surface area contributed by atoms with Crippen LogP contribution in [0.15, 0.2) is 33.5 Å². The topological polar surface area (TPSA) is 95.2 Å². The molecule has 28 heavy (non-hydrogen) atoms. The zero-order valence-corrected chi connectivity index (χ0v) is 16.4. The summed E-state index contributed by atoms with van der Waals surface area (Å²) in [4.78, 5) is 23.1. The molecule has 0 aliphatic carbocycles. The van der Waals surface area contributed by atoms with Crippen LogP contribution < -0.4 is 19.8 Å². The minimum Gasteiger partial charge on any atom is -0.490 e. The number of benzene rings is 1. The summed E-state index contributed by atoms with van der Waals surface area (Å²) in [7, 11) is 0. The van der Waals surface area contributed by atoms with Crippen molar-refractivity contribution in [3.8, 4) is 28.4 Å². The van der Waals surface area contributed by atoms with Crippen LogP contribution in [0.4, 0.5) is 0 Å². The zero-order chi connectivity index (χ0) is 20.5. The number of carbonyl (C=O) groups is 1. The van der Waals surface area contributed by atoms with Crippen LogP contribution in [0.1, 0.15) is 50.6 Å². The van der Waals surface area contributed by atoms with Gasteiger partial charge in [0, 0.05) is 17.2 Å². The van der Waals surface area contributed by atoms with E-state index in [9.17, 15) is 14.7 Å². The van der Waals surface area contributed by atoms with Crippen molar-refractivity contribution in [2.24, 2.45) is 0 Å². The molecule has 7 nitrogen and oxygen atoms in total. The minimum atomic E-state index is -1.34. The van der Waals surface area contributed by atoms with E-state index in [0.29, 0.717) is 42.6 Å². The molecule has 0 aliphatic heterocycles. The summed E-state index contributed by atoms with van der Waals surface area (Å²) < 4.78 is 22.6. The highest BCUT2D eigenvalue weighted by Crippen LogP contribution is 2.45. The van der Waals surface area contributed by atoms with Crippen LogP contribution in [-0.2, 0) is 0 Å². The van der Waals surface area contributed by atoms with Crippen LogP contribution in [0.25, 0.3) is 11.1 Å². The van der Waals surface area contributed by atoms with Crippen molar-refractivity contribution in [3.05, 3.63) is 40.4 Å². The van der Waals surface area contributed by atoms with Gasteiger partial charge < -0.3 is 23.7 Å². The van der Waals surface area contributed by atoms with Crippen molar-refractivity contribution in [2.75, 3.05) is 19.8 Å².